The van der Waals surface area contributed by atoms with E-state index in [0.717, 1.165) is 30.4 Å². The number of aromatic nitrogens is 2. The monoisotopic (exact) mass is 361 g/mol. The van der Waals surface area contributed by atoms with Crippen molar-refractivity contribution in [3.8, 4) is 11.4 Å². The first-order valence-corrected chi connectivity index (χ1v) is 9.46. The molecule has 0 radical (unpaired) electrons. The maximum Gasteiger partial charge on any atom is 0.254 e. The molecule has 1 amide bonds. The summed E-state index contributed by atoms with van der Waals surface area (Å²) < 4.78 is 5.54. The Morgan fingerprint density at radius 2 is 2.04 bits per heavy atom. The molecule has 1 saturated heterocycles. The molecule has 0 aliphatic carbocycles. The Balaban J connectivity index is 1.57. The average Bonchev–Trinajstić information content (AvgIpc) is 3.37. The van der Waals surface area contributed by atoms with Gasteiger partial charge in [-0.2, -0.15) is 4.98 Å². The number of amides is 1. The first-order valence-electron chi connectivity index (χ1n) is 9.46. The van der Waals surface area contributed by atoms with Gasteiger partial charge in [-0.05, 0) is 49.9 Å². The molecule has 1 unspecified atom stereocenters. The predicted octanol–water partition coefficient (Wildman–Crippen LogP) is 4.58. The number of aryl methyl sites for hydroxylation is 2. The largest absolute Gasteiger partial charge is 0.337 e. The van der Waals surface area contributed by atoms with Crippen molar-refractivity contribution in [3.63, 3.8) is 0 Å². The molecule has 1 atom stereocenters. The number of rotatable bonds is 4. The zero-order valence-corrected chi connectivity index (χ0v) is 15.7. The number of carbonyl (C=O) groups is 1. The lowest BCUT2D eigenvalue weighted by molar-refractivity contribution is 0.0710. The average molecular weight is 361 g/mol. The molecule has 0 N–H and O–H groups in total. The van der Waals surface area contributed by atoms with Crippen molar-refractivity contribution in [1.82, 2.24) is 15.0 Å². The van der Waals surface area contributed by atoms with Crippen LogP contribution in [0.4, 0.5) is 0 Å². The zero-order valence-electron chi connectivity index (χ0n) is 15.7. The molecular formula is C22H23N3O2. The van der Waals surface area contributed by atoms with E-state index >= 15 is 0 Å². The zero-order chi connectivity index (χ0) is 18.8. The van der Waals surface area contributed by atoms with Crippen LogP contribution in [-0.2, 0) is 6.42 Å². The Hall–Kier alpha value is -2.95. The Kier molecular flexibility index (Phi) is 4.75. The Labute approximate surface area is 159 Å². The van der Waals surface area contributed by atoms with E-state index in [2.05, 4.69) is 17.1 Å². The van der Waals surface area contributed by atoms with E-state index in [-0.39, 0.29) is 11.9 Å². The quantitative estimate of drug-likeness (QED) is 0.682. The van der Waals surface area contributed by atoms with Gasteiger partial charge < -0.3 is 9.42 Å². The minimum Gasteiger partial charge on any atom is -0.337 e. The molecule has 2 aromatic carbocycles. The second-order valence-electron chi connectivity index (χ2n) is 7.03. The van der Waals surface area contributed by atoms with Gasteiger partial charge in [0.2, 0.25) is 11.7 Å². The summed E-state index contributed by atoms with van der Waals surface area (Å²) in [5.74, 6) is 1.11. The van der Waals surface area contributed by atoms with Gasteiger partial charge in [-0.15, -0.1) is 0 Å². The molecule has 3 aromatic rings. The third-order valence-electron chi connectivity index (χ3n) is 5.13. The fraction of sp³-hybridized carbons (Fsp3) is 0.318. The van der Waals surface area contributed by atoms with Crippen molar-refractivity contribution in [2.24, 2.45) is 0 Å². The molecule has 1 fully saturated rings. The molecule has 0 bridgehead atoms. The van der Waals surface area contributed by atoms with Crippen LogP contribution in [0.3, 0.4) is 0 Å². The lowest BCUT2D eigenvalue weighted by atomic mass is 10.1. The van der Waals surface area contributed by atoms with E-state index < -0.39 is 0 Å². The summed E-state index contributed by atoms with van der Waals surface area (Å²) in [6.07, 6.45) is 2.74. The van der Waals surface area contributed by atoms with Crippen LogP contribution in [0, 0.1) is 6.92 Å². The first-order chi connectivity index (χ1) is 13.2. The summed E-state index contributed by atoms with van der Waals surface area (Å²) >= 11 is 0. The fourth-order valence-electron chi connectivity index (χ4n) is 3.59. The van der Waals surface area contributed by atoms with Gasteiger partial charge in [-0.25, -0.2) is 0 Å². The second-order valence-corrected chi connectivity index (χ2v) is 7.03. The van der Waals surface area contributed by atoms with Crippen LogP contribution in [0.2, 0.25) is 0 Å². The van der Waals surface area contributed by atoms with Crippen LogP contribution in [0.5, 0.6) is 0 Å². The van der Waals surface area contributed by atoms with Crippen LogP contribution in [0.15, 0.2) is 53.1 Å². The Bertz CT molecular complexity index is 946. The van der Waals surface area contributed by atoms with Crippen molar-refractivity contribution < 1.29 is 9.32 Å². The van der Waals surface area contributed by atoms with E-state index in [0.29, 0.717) is 23.8 Å². The summed E-state index contributed by atoms with van der Waals surface area (Å²) in [4.78, 5) is 19.4. The highest BCUT2D eigenvalue weighted by Gasteiger charge is 2.34. The molecule has 0 saturated carbocycles. The summed E-state index contributed by atoms with van der Waals surface area (Å²) in [6, 6.07) is 15.7. The predicted molar refractivity (Wildman–Crippen MR) is 103 cm³/mol. The van der Waals surface area contributed by atoms with Gasteiger partial charge in [0, 0.05) is 17.7 Å². The summed E-state index contributed by atoms with van der Waals surface area (Å²) in [5, 5.41) is 4.14. The normalized spacial score (nSPS) is 16.7. The second kappa shape index (κ2) is 7.35. The summed E-state index contributed by atoms with van der Waals surface area (Å²) in [6.45, 7) is 4.85. The molecule has 5 nitrogen and oxygen atoms in total. The molecule has 5 heteroatoms. The summed E-state index contributed by atoms with van der Waals surface area (Å²) in [5.41, 5.74) is 4.00. The number of carbonyl (C=O) groups excluding carboxylic acids is 1. The van der Waals surface area contributed by atoms with E-state index in [1.807, 2.05) is 60.4 Å². The van der Waals surface area contributed by atoms with Gasteiger partial charge >= 0.3 is 0 Å². The standard InChI is InChI=1S/C22H23N3O2/c1-3-16-9-11-17(12-10-16)22(26)25-13-5-8-19(25)21-23-20(24-27-21)18-7-4-6-15(2)14-18/h4,6-7,9-12,14,19H,3,5,8,13H2,1-2H3. The molecule has 1 aliphatic heterocycles. The number of benzene rings is 2. The third kappa shape index (κ3) is 3.50. The van der Waals surface area contributed by atoms with Gasteiger partial charge in [-0.1, -0.05) is 48.0 Å². The van der Waals surface area contributed by atoms with E-state index in [1.165, 1.54) is 5.56 Å². The molecule has 0 spiro atoms. The number of hydrogen-bond donors (Lipinski definition) is 0. The van der Waals surface area contributed by atoms with Crippen LogP contribution < -0.4 is 0 Å². The SMILES string of the molecule is CCc1ccc(C(=O)N2CCCC2c2nc(-c3cccc(C)c3)no2)cc1. The minimum absolute atomic E-state index is 0.0236. The Morgan fingerprint density at radius 1 is 1.22 bits per heavy atom. The molecular weight excluding hydrogens is 338 g/mol. The van der Waals surface area contributed by atoms with Crippen molar-refractivity contribution in [3.05, 3.63) is 71.1 Å². The van der Waals surface area contributed by atoms with Gasteiger partial charge in [-0.3, -0.25) is 4.79 Å². The van der Waals surface area contributed by atoms with Crippen molar-refractivity contribution in [1.29, 1.82) is 0 Å². The van der Waals surface area contributed by atoms with E-state index in [4.69, 9.17) is 4.52 Å². The summed E-state index contributed by atoms with van der Waals surface area (Å²) in [7, 11) is 0. The van der Waals surface area contributed by atoms with Crippen molar-refractivity contribution >= 4 is 5.91 Å². The lowest BCUT2D eigenvalue weighted by Crippen LogP contribution is -2.30. The van der Waals surface area contributed by atoms with Crippen molar-refractivity contribution in [2.45, 2.75) is 39.2 Å². The van der Waals surface area contributed by atoms with Gasteiger partial charge in [0.05, 0.1) is 0 Å². The third-order valence-corrected chi connectivity index (χ3v) is 5.13. The van der Waals surface area contributed by atoms with Crippen LogP contribution in [0.25, 0.3) is 11.4 Å². The van der Waals surface area contributed by atoms with Crippen LogP contribution in [0.1, 0.15) is 53.2 Å². The van der Waals surface area contributed by atoms with Crippen molar-refractivity contribution in [2.75, 3.05) is 6.54 Å². The number of likely N-dealkylation sites (tertiary alicyclic amines) is 1. The molecule has 4 rings (SSSR count). The minimum atomic E-state index is -0.158. The first kappa shape index (κ1) is 17.5. The molecule has 1 aliphatic rings. The molecule has 138 valence electrons. The number of hydrogen-bond acceptors (Lipinski definition) is 4. The van der Waals surface area contributed by atoms with E-state index in [9.17, 15) is 4.79 Å². The highest BCUT2D eigenvalue weighted by atomic mass is 16.5. The van der Waals surface area contributed by atoms with Gasteiger partial charge in [0.25, 0.3) is 5.91 Å². The molecule has 27 heavy (non-hydrogen) atoms. The van der Waals surface area contributed by atoms with E-state index in [1.54, 1.807) is 0 Å². The maximum absolute atomic E-state index is 13.0. The molecule has 2 heterocycles. The highest BCUT2D eigenvalue weighted by Crippen LogP contribution is 2.33. The van der Waals surface area contributed by atoms with Gasteiger partial charge in [0.15, 0.2) is 0 Å². The van der Waals surface area contributed by atoms with Gasteiger partial charge in [0.1, 0.15) is 6.04 Å². The maximum atomic E-state index is 13.0. The lowest BCUT2D eigenvalue weighted by Gasteiger charge is -2.22. The topological polar surface area (TPSA) is 59.2 Å². The number of nitrogens with zero attached hydrogens (tertiary/aromatic N) is 3. The fourth-order valence-corrected chi connectivity index (χ4v) is 3.59. The smallest absolute Gasteiger partial charge is 0.254 e. The van der Waals surface area contributed by atoms with Crippen LogP contribution >= 0.6 is 0 Å². The highest BCUT2D eigenvalue weighted by molar-refractivity contribution is 5.94. The Morgan fingerprint density at radius 3 is 2.78 bits per heavy atom. The molecule has 1 aromatic heterocycles. The van der Waals surface area contributed by atoms with Crippen LogP contribution in [-0.4, -0.2) is 27.5 Å².